The molecule has 0 heterocycles. The third-order valence-electron chi connectivity index (χ3n) is 7.18. The van der Waals surface area contributed by atoms with Gasteiger partial charge in [0.1, 0.15) is 5.82 Å². The molecule has 5 aliphatic rings. The van der Waals surface area contributed by atoms with Crippen LogP contribution < -0.4 is 4.72 Å². The van der Waals surface area contributed by atoms with Crippen LogP contribution in [0.2, 0.25) is 0 Å². The van der Waals surface area contributed by atoms with Gasteiger partial charge in [0.15, 0.2) is 0 Å². The molecule has 5 aliphatic carbocycles. The van der Waals surface area contributed by atoms with E-state index in [9.17, 15) is 17.6 Å². The van der Waals surface area contributed by atoms with Gasteiger partial charge in [-0.1, -0.05) is 0 Å². The average molecular weight is 408 g/mol. The second-order valence-corrected chi connectivity index (χ2v) is 11.0. The van der Waals surface area contributed by atoms with Crippen molar-refractivity contribution in [1.29, 1.82) is 0 Å². The predicted octanol–water partition coefficient (Wildman–Crippen LogP) is 3.34. The molecule has 0 saturated heterocycles. The molecule has 5 fully saturated rings. The molecule has 1 amide bonds. The van der Waals surface area contributed by atoms with Crippen molar-refractivity contribution in [1.82, 2.24) is 4.72 Å². The minimum absolute atomic E-state index is 0.213. The predicted molar refractivity (Wildman–Crippen MR) is 102 cm³/mol. The Bertz CT molecular complexity index is 923. The number of halogens is 1. The Kier molecular flexibility index (Phi) is 4.32. The van der Waals surface area contributed by atoms with Gasteiger partial charge in [-0.05, 0) is 91.4 Å². The summed E-state index contributed by atoms with van der Waals surface area (Å²) >= 11 is 0. The molecule has 0 aliphatic heterocycles. The molecule has 0 aromatic heterocycles. The number of benzene rings is 1. The van der Waals surface area contributed by atoms with Crippen molar-refractivity contribution in [2.75, 3.05) is 6.26 Å². The molecule has 1 N–H and O–H groups in total. The largest absolute Gasteiger partial charge is 0.373 e. The zero-order valence-corrected chi connectivity index (χ0v) is 16.8. The molecule has 5 nitrogen and oxygen atoms in total. The molecule has 0 radical (unpaired) electrons. The molecule has 6 rings (SSSR count). The molecule has 28 heavy (non-hydrogen) atoms. The SMILES string of the molecule is CS(=O)(=O)NC(=O)c1cc(C2CC2)c(COC2C3CC4CC(C3)C2C4)cc1F. The van der Waals surface area contributed by atoms with E-state index in [-0.39, 0.29) is 11.7 Å². The summed E-state index contributed by atoms with van der Waals surface area (Å²) in [5, 5.41) is 0. The van der Waals surface area contributed by atoms with Crippen LogP contribution in [-0.4, -0.2) is 26.7 Å². The first-order chi connectivity index (χ1) is 13.3. The molecule has 5 atom stereocenters. The molecule has 152 valence electrons. The number of amides is 1. The lowest BCUT2D eigenvalue weighted by atomic mass is 9.80. The fraction of sp³-hybridized carbons (Fsp3) is 0.667. The number of hydrogen-bond acceptors (Lipinski definition) is 4. The van der Waals surface area contributed by atoms with Gasteiger partial charge in [-0.2, -0.15) is 0 Å². The van der Waals surface area contributed by atoms with E-state index in [0.717, 1.165) is 42.1 Å². The first-order valence-electron chi connectivity index (χ1n) is 10.2. The number of carbonyl (C=O) groups excluding carboxylic acids is 1. The van der Waals surface area contributed by atoms with E-state index in [2.05, 4.69) is 0 Å². The highest BCUT2D eigenvalue weighted by atomic mass is 32.2. The van der Waals surface area contributed by atoms with E-state index in [1.54, 1.807) is 0 Å². The van der Waals surface area contributed by atoms with Crippen LogP contribution in [0.1, 0.15) is 65.9 Å². The summed E-state index contributed by atoms with van der Waals surface area (Å²) in [5.41, 5.74) is 1.51. The Hall–Kier alpha value is -1.47. The number of hydrogen-bond donors (Lipinski definition) is 1. The second kappa shape index (κ2) is 6.52. The molecule has 5 saturated carbocycles. The number of carbonyl (C=O) groups is 1. The van der Waals surface area contributed by atoms with Crippen LogP contribution in [-0.2, 0) is 21.4 Å². The summed E-state index contributed by atoms with van der Waals surface area (Å²) in [4.78, 5) is 12.2. The van der Waals surface area contributed by atoms with Gasteiger partial charge < -0.3 is 4.74 Å². The Morgan fingerprint density at radius 1 is 1.18 bits per heavy atom. The van der Waals surface area contributed by atoms with Crippen LogP contribution in [0.25, 0.3) is 0 Å². The topological polar surface area (TPSA) is 72.5 Å². The maximum Gasteiger partial charge on any atom is 0.267 e. The van der Waals surface area contributed by atoms with E-state index < -0.39 is 21.7 Å². The van der Waals surface area contributed by atoms with Gasteiger partial charge in [-0.25, -0.2) is 17.5 Å². The molecule has 4 bridgehead atoms. The normalized spacial score (nSPS) is 33.4. The standard InChI is InChI=1S/C21H26FNO4S/c1-28(25,26)23-21(24)18-9-16(12-2-3-12)15(8-19(18)22)10-27-20-14-5-11-4-13(7-14)17(20)6-11/h8-9,11-14,17,20H,2-7,10H2,1H3,(H,23,24). The van der Waals surface area contributed by atoms with Crippen molar-refractivity contribution < 1.29 is 22.3 Å². The Labute approximate surface area is 165 Å². The van der Waals surface area contributed by atoms with E-state index in [0.29, 0.717) is 24.4 Å². The van der Waals surface area contributed by atoms with Gasteiger partial charge in [0.2, 0.25) is 10.0 Å². The molecular weight excluding hydrogens is 381 g/mol. The summed E-state index contributed by atoms with van der Waals surface area (Å²) in [6.07, 6.45) is 8.36. The molecular formula is C21H26FNO4S. The maximum absolute atomic E-state index is 14.6. The van der Waals surface area contributed by atoms with Crippen LogP contribution in [0.4, 0.5) is 4.39 Å². The zero-order chi connectivity index (χ0) is 19.6. The van der Waals surface area contributed by atoms with Crippen LogP contribution in [0.5, 0.6) is 0 Å². The highest BCUT2D eigenvalue weighted by Crippen LogP contribution is 2.59. The highest BCUT2D eigenvalue weighted by Gasteiger charge is 2.54. The molecule has 1 aromatic carbocycles. The Morgan fingerprint density at radius 2 is 1.93 bits per heavy atom. The number of nitrogens with one attached hydrogen (secondary N) is 1. The van der Waals surface area contributed by atoms with Gasteiger partial charge >= 0.3 is 0 Å². The summed E-state index contributed by atoms with van der Waals surface area (Å²) in [7, 11) is -3.74. The molecule has 5 unspecified atom stereocenters. The Balaban J connectivity index is 1.36. The summed E-state index contributed by atoms with van der Waals surface area (Å²) in [5.74, 6) is 1.71. The molecule has 7 heteroatoms. The lowest BCUT2D eigenvalue weighted by Crippen LogP contribution is -2.31. The van der Waals surface area contributed by atoms with Crippen LogP contribution in [0.15, 0.2) is 12.1 Å². The van der Waals surface area contributed by atoms with Crippen LogP contribution in [0, 0.1) is 29.5 Å². The van der Waals surface area contributed by atoms with E-state index >= 15 is 0 Å². The van der Waals surface area contributed by atoms with Gasteiger partial charge in [0.25, 0.3) is 5.91 Å². The van der Waals surface area contributed by atoms with Crippen molar-refractivity contribution in [3.63, 3.8) is 0 Å². The highest BCUT2D eigenvalue weighted by molar-refractivity contribution is 7.89. The zero-order valence-electron chi connectivity index (χ0n) is 16.0. The van der Waals surface area contributed by atoms with Crippen LogP contribution >= 0.6 is 0 Å². The number of rotatable bonds is 6. The fourth-order valence-corrected chi connectivity index (χ4v) is 6.49. The van der Waals surface area contributed by atoms with Gasteiger partial charge in [-0.15, -0.1) is 0 Å². The van der Waals surface area contributed by atoms with E-state index in [4.69, 9.17) is 4.74 Å². The lowest BCUT2D eigenvalue weighted by Gasteiger charge is -2.32. The summed E-state index contributed by atoms with van der Waals surface area (Å²) in [6, 6.07) is 2.90. The van der Waals surface area contributed by atoms with Crippen molar-refractivity contribution in [3.8, 4) is 0 Å². The first kappa shape index (κ1) is 18.6. The summed E-state index contributed by atoms with van der Waals surface area (Å²) in [6.45, 7) is 0.367. The summed E-state index contributed by atoms with van der Waals surface area (Å²) < 4.78 is 45.5. The fourth-order valence-electron chi connectivity index (χ4n) is 6.05. The van der Waals surface area contributed by atoms with Crippen molar-refractivity contribution in [2.45, 2.75) is 57.2 Å². The van der Waals surface area contributed by atoms with Gasteiger partial charge in [0.05, 0.1) is 24.5 Å². The molecule has 1 aromatic rings. The maximum atomic E-state index is 14.6. The van der Waals surface area contributed by atoms with Crippen molar-refractivity contribution >= 4 is 15.9 Å². The van der Waals surface area contributed by atoms with Gasteiger partial charge in [0, 0.05) is 0 Å². The number of ether oxygens (including phenoxy) is 1. The van der Waals surface area contributed by atoms with Gasteiger partial charge in [-0.3, -0.25) is 4.79 Å². The quantitative estimate of drug-likeness (QED) is 0.785. The van der Waals surface area contributed by atoms with E-state index in [1.807, 2.05) is 4.72 Å². The minimum atomic E-state index is -3.74. The third-order valence-corrected chi connectivity index (χ3v) is 7.73. The minimum Gasteiger partial charge on any atom is -0.373 e. The first-order valence-corrected chi connectivity index (χ1v) is 12.1. The van der Waals surface area contributed by atoms with Crippen molar-refractivity contribution in [3.05, 3.63) is 34.6 Å². The van der Waals surface area contributed by atoms with E-state index in [1.165, 1.54) is 37.8 Å². The molecule has 0 spiro atoms. The monoisotopic (exact) mass is 407 g/mol. The second-order valence-electron chi connectivity index (χ2n) is 9.28. The van der Waals surface area contributed by atoms with Crippen molar-refractivity contribution in [2.24, 2.45) is 23.7 Å². The average Bonchev–Trinajstić information content (AvgIpc) is 3.36. The number of sulfonamides is 1. The smallest absolute Gasteiger partial charge is 0.267 e. The Morgan fingerprint density at radius 3 is 2.61 bits per heavy atom. The lowest BCUT2D eigenvalue weighted by molar-refractivity contribution is -0.0327. The van der Waals surface area contributed by atoms with Crippen LogP contribution in [0.3, 0.4) is 0 Å². The third kappa shape index (κ3) is 3.36.